The van der Waals surface area contributed by atoms with Crippen molar-refractivity contribution < 1.29 is 28.2 Å². The number of carbonyl (C=O) groups is 1. The molecule has 1 aliphatic carbocycles. The molecule has 3 aromatic rings. The summed E-state index contributed by atoms with van der Waals surface area (Å²) in [4.78, 5) is 16.8. The number of hydrogen-bond donors (Lipinski definition) is 1. The summed E-state index contributed by atoms with van der Waals surface area (Å²) in [5.74, 6) is 1.18. The molecule has 192 valence electrons. The van der Waals surface area contributed by atoms with Gasteiger partial charge < -0.3 is 19.0 Å². The molecule has 1 N–H and O–H groups in total. The van der Waals surface area contributed by atoms with Gasteiger partial charge in [0.15, 0.2) is 0 Å². The summed E-state index contributed by atoms with van der Waals surface area (Å²) >= 11 is 0. The zero-order valence-electron chi connectivity index (χ0n) is 21.2. The lowest BCUT2D eigenvalue weighted by Crippen LogP contribution is -2.43. The van der Waals surface area contributed by atoms with Gasteiger partial charge in [0, 0.05) is 18.3 Å². The Hall–Kier alpha value is -3.35. The highest BCUT2D eigenvalue weighted by atomic mass is 19.1. The van der Waals surface area contributed by atoms with Crippen LogP contribution < -0.4 is 9.47 Å². The molecule has 0 amide bonds. The molecule has 0 saturated heterocycles. The van der Waals surface area contributed by atoms with Crippen molar-refractivity contribution in [2.24, 2.45) is 0 Å². The quantitative estimate of drug-likeness (QED) is 0.349. The van der Waals surface area contributed by atoms with Crippen molar-refractivity contribution in [3.05, 3.63) is 77.3 Å². The van der Waals surface area contributed by atoms with Gasteiger partial charge in [-0.15, -0.1) is 0 Å². The third-order valence-electron chi connectivity index (χ3n) is 7.05. The Bertz CT molecular complexity index is 1170. The van der Waals surface area contributed by atoms with Crippen molar-refractivity contribution in [3.63, 3.8) is 0 Å². The monoisotopic (exact) mass is 495 g/mol. The maximum absolute atomic E-state index is 13.2. The van der Waals surface area contributed by atoms with Gasteiger partial charge in [-0.3, -0.25) is 0 Å². The van der Waals surface area contributed by atoms with E-state index in [0.717, 1.165) is 35.7 Å². The summed E-state index contributed by atoms with van der Waals surface area (Å²) in [5, 5.41) is 9.77. The normalized spacial score (nSPS) is 16.8. The molecule has 0 spiro atoms. The predicted molar refractivity (Wildman–Crippen MR) is 134 cm³/mol. The van der Waals surface area contributed by atoms with Crippen LogP contribution in [0.5, 0.6) is 11.5 Å². The molecular weight excluding hydrogens is 461 g/mol. The van der Waals surface area contributed by atoms with E-state index in [-0.39, 0.29) is 11.8 Å². The largest absolute Gasteiger partial charge is 0.493 e. The van der Waals surface area contributed by atoms with Crippen LogP contribution in [0.15, 0.2) is 52.9 Å². The Kier molecular flexibility index (Phi) is 7.67. The SMILES string of the molecule is Cc1oc(C2(C)CCCCC2)nc1CCOc1ccc(C[C@](C)(Oc2ccc(F)cc2)C(=O)O)cc1. The number of ether oxygens (including phenoxy) is 2. The molecule has 7 heteroatoms. The Morgan fingerprint density at radius 2 is 1.72 bits per heavy atom. The van der Waals surface area contributed by atoms with E-state index in [4.69, 9.17) is 18.9 Å². The van der Waals surface area contributed by atoms with Gasteiger partial charge >= 0.3 is 5.97 Å². The molecule has 0 radical (unpaired) electrons. The zero-order valence-corrected chi connectivity index (χ0v) is 21.2. The lowest BCUT2D eigenvalue weighted by atomic mass is 9.76. The summed E-state index contributed by atoms with van der Waals surface area (Å²) in [6.45, 7) is 6.17. The van der Waals surface area contributed by atoms with E-state index < -0.39 is 17.4 Å². The fourth-order valence-corrected chi connectivity index (χ4v) is 4.74. The van der Waals surface area contributed by atoms with E-state index in [0.29, 0.717) is 24.5 Å². The smallest absolute Gasteiger partial charge is 0.348 e. The summed E-state index contributed by atoms with van der Waals surface area (Å²) in [7, 11) is 0. The Morgan fingerprint density at radius 3 is 2.36 bits per heavy atom. The standard InChI is InChI=1S/C29H34FNO5/c1-20-25(31-26(35-20)28(2)16-5-4-6-17-28)15-18-34-23-11-7-21(8-12-23)19-29(3,27(32)33)36-24-13-9-22(30)10-14-24/h7-14H,4-6,15-19H2,1-3H3,(H,32,33)/t29-/m0/s1. The average Bonchev–Trinajstić information content (AvgIpc) is 3.23. The molecule has 0 aliphatic heterocycles. The van der Waals surface area contributed by atoms with Crippen LogP contribution in [0.3, 0.4) is 0 Å². The van der Waals surface area contributed by atoms with Gasteiger partial charge in [0.25, 0.3) is 0 Å². The summed E-state index contributed by atoms with van der Waals surface area (Å²) in [6.07, 6.45) is 6.74. The van der Waals surface area contributed by atoms with E-state index in [9.17, 15) is 14.3 Å². The first-order valence-corrected chi connectivity index (χ1v) is 12.5. The topological polar surface area (TPSA) is 81.8 Å². The molecule has 1 heterocycles. The van der Waals surface area contributed by atoms with E-state index >= 15 is 0 Å². The molecule has 4 rings (SSSR count). The van der Waals surface area contributed by atoms with Gasteiger partial charge in [0.1, 0.15) is 23.1 Å². The number of aryl methyl sites for hydroxylation is 1. The number of carboxylic acids is 1. The van der Waals surface area contributed by atoms with Crippen molar-refractivity contribution in [3.8, 4) is 11.5 Å². The average molecular weight is 496 g/mol. The van der Waals surface area contributed by atoms with Gasteiger partial charge in [0.2, 0.25) is 11.5 Å². The van der Waals surface area contributed by atoms with E-state index in [2.05, 4.69) is 6.92 Å². The highest BCUT2D eigenvalue weighted by Gasteiger charge is 2.36. The zero-order chi connectivity index (χ0) is 25.8. The van der Waals surface area contributed by atoms with Crippen molar-refractivity contribution in [1.29, 1.82) is 0 Å². The molecule has 1 atom stereocenters. The number of rotatable bonds is 10. The van der Waals surface area contributed by atoms with E-state index in [1.807, 2.05) is 31.2 Å². The molecule has 2 aromatic carbocycles. The van der Waals surface area contributed by atoms with E-state index in [1.165, 1.54) is 50.5 Å². The first-order valence-electron chi connectivity index (χ1n) is 12.5. The Balaban J connectivity index is 1.33. The molecule has 0 unspecified atom stereocenters. The van der Waals surface area contributed by atoms with Gasteiger partial charge in [-0.05, 0) is 68.7 Å². The molecule has 1 aromatic heterocycles. The number of carboxylic acid groups (broad SMARTS) is 1. The fourth-order valence-electron chi connectivity index (χ4n) is 4.74. The Labute approximate surface area is 211 Å². The van der Waals surface area contributed by atoms with Crippen LogP contribution in [0.1, 0.15) is 68.9 Å². The van der Waals surface area contributed by atoms with Gasteiger partial charge in [-0.1, -0.05) is 38.3 Å². The van der Waals surface area contributed by atoms with Crippen molar-refractivity contribution in [2.45, 2.75) is 76.7 Å². The third kappa shape index (κ3) is 6.07. The van der Waals surface area contributed by atoms with Crippen LogP contribution in [-0.4, -0.2) is 28.3 Å². The summed E-state index contributed by atoms with van der Waals surface area (Å²) < 4.78 is 30.9. The molecule has 1 saturated carbocycles. The number of nitrogens with zero attached hydrogens (tertiary/aromatic N) is 1. The number of hydrogen-bond acceptors (Lipinski definition) is 5. The molecule has 0 bridgehead atoms. The molecule has 1 fully saturated rings. The minimum atomic E-state index is -1.50. The number of benzene rings is 2. The first kappa shape index (κ1) is 25.7. The number of aliphatic carboxylic acids is 1. The fraction of sp³-hybridized carbons (Fsp3) is 0.448. The maximum Gasteiger partial charge on any atom is 0.348 e. The maximum atomic E-state index is 13.2. The lowest BCUT2D eigenvalue weighted by molar-refractivity contribution is -0.153. The summed E-state index contributed by atoms with van der Waals surface area (Å²) in [6, 6.07) is 12.6. The van der Waals surface area contributed by atoms with Crippen LogP contribution in [0.25, 0.3) is 0 Å². The Morgan fingerprint density at radius 1 is 1.08 bits per heavy atom. The lowest BCUT2D eigenvalue weighted by Gasteiger charge is -2.30. The van der Waals surface area contributed by atoms with Gasteiger partial charge in [-0.25, -0.2) is 14.2 Å². The number of oxazole rings is 1. The van der Waals surface area contributed by atoms with Crippen LogP contribution >= 0.6 is 0 Å². The second-order valence-corrected chi connectivity index (χ2v) is 10.2. The van der Waals surface area contributed by atoms with E-state index in [1.54, 1.807) is 0 Å². The highest BCUT2D eigenvalue weighted by molar-refractivity contribution is 5.78. The minimum Gasteiger partial charge on any atom is -0.493 e. The number of halogens is 1. The van der Waals surface area contributed by atoms with Crippen LogP contribution in [-0.2, 0) is 23.1 Å². The minimum absolute atomic E-state index is 0.0306. The second kappa shape index (κ2) is 10.7. The molecule has 36 heavy (non-hydrogen) atoms. The van der Waals surface area contributed by atoms with Crippen molar-refractivity contribution in [2.75, 3.05) is 6.61 Å². The molecular formula is C29H34FNO5. The second-order valence-electron chi connectivity index (χ2n) is 10.2. The molecule has 1 aliphatic rings. The van der Waals surface area contributed by atoms with Gasteiger partial charge in [-0.2, -0.15) is 0 Å². The van der Waals surface area contributed by atoms with Crippen LogP contribution in [0, 0.1) is 12.7 Å². The van der Waals surface area contributed by atoms with Crippen LogP contribution in [0.4, 0.5) is 4.39 Å². The third-order valence-corrected chi connectivity index (χ3v) is 7.05. The predicted octanol–water partition coefficient (Wildman–Crippen LogP) is 6.43. The van der Waals surface area contributed by atoms with Crippen molar-refractivity contribution >= 4 is 5.97 Å². The molecule has 6 nitrogen and oxygen atoms in total. The van der Waals surface area contributed by atoms with Gasteiger partial charge in [0.05, 0.1) is 12.3 Å². The number of aromatic nitrogens is 1. The highest BCUT2D eigenvalue weighted by Crippen LogP contribution is 2.39. The first-order chi connectivity index (χ1) is 17.2. The summed E-state index contributed by atoms with van der Waals surface area (Å²) in [5.41, 5.74) is 0.246. The van der Waals surface area contributed by atoms with Crippen LogP contribution in [0.2, 0.25) is 0 Å². The van der Waals surface area contributed by atoms with Crippen molar-refractivity contribution in [1.82, 2.24) is 4.98 Å².